The van der Waals surface area contributed by atoms with E-state index in [0.29, 0.717) is 0 Å². The molecule has 11 heteroatoms. The number of carbonyl (C=O) groups excluding carboxylic acids is 6. The van der Waals surface area contributed by atoms with Gasteiger partial charge in [-0.2, -0.15) is 0 Å². The van der Waals surface area contributed by atoms with E-state index in [0.717, 1.165) is 0 Å². The topological polar surface area (TPSA) is 171 Å². The maximum absolute atomic E-state index is 11.4. The minimum Gasteiger partial charge on any atom is -0.511 e. The summed E-state index contributed by atoms with van der Waals surface area (Å²) in [4.78, 5) is 66.2. The normalized spacial score (nSPS) is 14.7. The smallest absolute Gasteiger partial charge is 0.352 e. The standard InChI is InChI=1S/C10H12O6.C10H16O4.C4H10O/c1-5(11)4-6(12)7-8(13)15-10(2,3)16-9(7)14;1-7(11)5-8(12)6-9(13)14-10(2,3)4;1-4(2,3)5/h12H,4H2,1-3H3;5-6H2,1-4H3;5H,1-3H3. The number of hydrogen-bond acceptors (Lipinski definition) is 11. The average molecular weight is 503 g/mol. The van der Waals surface area contributed by atoms with Crippen molar-refractivity contribution >= 4 is 35.3 Å². The molecule has 0 atom stereocenters. The van der Waals surface area contributed by atoms with Gasteiger partial charge in [-0.25, -0.2) is 9.59 Å². The van der Waals surface area contributed by atoms with Gasteiger partial charge in [0.25, 0.3) is 5.79 Å². The predicted octanol–water partition coefficient (Wildman–Crippen LogP) is 2.66. The number of carbonyl (C=O) groups is 6. The molecule has 1 aliphatic rings. The van der Waals surface area contributed by atoms with Gasteiger partial charge in [-0.05, 0) is 55.4 Å². The number of hydrogen-bond donors (Lipinski definition) is 2. The molecule has 0 bridgehead atoms. The zero-order valence-electron chi connectivity index (χ0n) is 22.2. The van der Waals surface area contributed by atoms with Crippen molar-refractivity contribution in [3.05, 3.63) is 11.3 Å². The molecule has 0 radical (unpaired) electrons. The second kappa shape index (κ2) is 13.7. The van der Waals surface area contributed by atoms with Crippen LogP contribution < -0.4 is 0 Å². The molecule has 1 aliphatic heterocycles. The Balaban J connectivity index is 0. The molecule has 1 heterocycles. The zero-order valence-corrected chi connectivity index (χ0v) is 22.2. The van der Waals surface area contributed by atoms with Gasteiger partial charge >= 0.3 is 17.9 Å². The Bertz CT molecular complexity index is 822. The van der Waals surface area contributed by atoms with E-state index in [1.165, 1.54) is 27.7 Å². The number of aliphatic hydroxyl groups is 2. The summed E-state index contributed by atoms with van der Waals surface area (Å²) in [6, 6.07) is 0. The van der Waals surface area contributed by atoms with Gasteiger partial charge < -0.3 is 24.4 Å². The van der Waals surface area contributed by atoms with Crippen LogP contribution in [-0.2, 0) is 43.0 Å². The summed E-state index contributed by atoms with van der Waals surface area (Å²) < 4.78 is 14.4. The molecule has 1 rings (SSSR count). The van der Waals surface area contributed by atoms with Gasteiger partial charge in [-0.3, -0.25) is 19.2 Å². The Kier molecular flexibility index (Phi) is 13.4. The van der Waals surface area contributed by atoms with Crippen LogP contribution in [0, 0.1) is 0 Å². The van der Waals surface area contributed by atoms with Crippen molar-refractivity contribution < 1.29 is 53.2 Å². The van der Waals surface area contributed by atoms with Crippen LogP contribution in [0.15, 0.2) is 11.3 Å². The lowest BCUT2D eigenvalue weighted by molar-refractivity contribution is -0.222. The third kappa shape index (κ3) is 20.0. The first-order valence-corrected chi connectivity index (χ1v) is 10.8. The molecule has 0 amide bonds. The first-order valence-electron chi connectivity index (χ1n) is 10.8. The summed E-state index contributed by atoms with van der Waals surface area (Å²) in [5.74, 6) is -5.55. The molecular weight excluding hydrogens is 464 g/mol. The van der Waals surface area contributed by atoms with Crippen LogP contribution in [0.2, 0.25) is 0 Å². The highest BCUT2D eigenvalue weighted by molar-refractivity contribution is 6.16. The van der Waals surface area contributed by atoms with E-state index in [1.807, 2.05) is 0 Å². The van der Waals surface area contributed by atoms with Crippen LogP contribution in [0.1, 0.15) is 88.5 Å². The molecule has 0 aromatic rings. The van der Waals surface area contributed by atoms with E-state index in [4.69, 9.17) is 19.3 Å². The SMILES string of the molecule is CC(=O)CC(=O)CC(=O)OC(C)(C)C.CC(=O)CC(O)=C1C(=O)OC(C)(C)OC1=O.CC(C)(C)O. The molecular formula is C24H38O11. The maximum atomic E-state index is 11.4. The third-order valence-electron chi connectivity index (χ3n) is 3.00. The summed E-state index contributed by atoms with van der Waals surface area (Å²) >= 11 is 0. The van der Waals surface area contributed by atoms with Crippen LogP contribution in [0.25, 0.3) is 0 Å². The zero-order chi connectivity index (χ0) is 28.4. The number of Topliss-reactive ketones (excluding diaryl/α,β-unsaturated/α-hetero) is 3. The fourth-order valence-corrected chi connectivity index (χ4v) is 2.09. The summed E-state index contributed by atoms with van der Waals surface area (Å²) in [6.45, 7) is 15.7. The molecule has 35 heavy (non-hydrogen) atoms. The number of cyclic esters (lactones) is 2. The second-order valence-electron chi connectivity index (χ2n) is 10.2. The summed E-state index contributed by atoms with van der Waals surface area (Å²) in [7, 11) is 0. The molecule has 2 N–H and O–H groups in total. The van der Waals surface area contributed by atoms with E-state index in [2.05, 4.69) is 0 Å². The molecule has 11 nitrogen and oxygen atoms in total. The Morgan fingerprint density at radius 1 is 0.829 bits per heavy atom. The average Bonchev–Trinajstić information content (AvgIpc) is 2.47. The van der Waals surface area contributed by atoms with E-state index in [-0.39, 0.29) is 24.4 Å². The predicted molar refractivity (Wildman–Crippen MR) is 124 cm³/mol. The highest BCUT2D eigenvalue weighted by atomic mass is 16.7. The number of ether oxygens (including phenoxy) is 3. The molecule has 0 unspecified atom stereocenters. The van der Waals surface area contributed by atoms with Gasteiger partial charge in [0.2, 0.25) is 0 Å². The second-order valence-corrected chi connectivity index (χ2v) is 10.2. The quantitative estimate of drug-likeness (QED) is 0.180. The molecule has 0 aromatic heterocycles. The van der Waals surface area contributed by atoms with Crippen molar-refractivity contribution in [1.29, 1.82) is 0 Å². The molecule has 0 aliphatic carbocycles. The molecule has 1 fully saturated rings. The van der Waals surface area contributed by atoms with Crippen molar-refractivity contribution in [3.8, 4) is 0 Å². The first kappa shape index (κ1) is 34.1. The lowest BCUT2D eigenvalue weighted by atomic mass is 10.1. The van der Waals surface area contributed by atoms with Gasteiger partial charge in [0.05, 0.1) is 18.4 Å². The Labute approximate surface area is 205 Å². The molecule has 0 aromatic carbocycles. The largest absolute Gasteiger partial charge is 0.511 e. The monoisotopic (exact) mass is 502 g/mol. The van der Waals surface area contributed by atoms with Crippen LogP contribution in [0.3, 0.4) is 0 Å². The minimum absolute atomic E-state index is 0.195. The third-order valence-corrected chi connectivity index (χ3v) is 3.00. The van der Waals surface area contributed by atoms with Gasteiger partial charge in [0.15, 0.2) is 11.4 Å². The van der Waals surface area contributed by atoms with E-state index < -0.39 is 58.4 Å². The van der Waals surface area contributed by atoms with Crippen LogP contribution in [-0.4, -0.2) is 62.5 Å². The lowest BCUT2D eigenvalue weighted by Gasteiger charge is -2.30. The van der Waals surface area contributed by atoms with E-state index in [9.17, 15) is 33.9 Å². The Hall–Kier alpha value is -3.08. The van der Waals surface area contributed by atoms with Crippen molar-refractivity contribution in [2.45, 2.75) is 105 Å². The molecule has 0 spiro atoms. The highest BCUT2D eigenvalue weighted by Gasteiger charge is 2.41. The van der Waals surface area contributed by atoms with Crippen molar-refractivity contribution in [2.75, 3.05) is 0 Å². The Morgan fingerprint density at radius 2 is 1.20 bits per heavy atom. The highest BCUT2D eigenvalue weighted by Crippen LogP contribution is 2.24. The van der Waals surface area contributed by atoms with E-state index in [1.54, 1.807) is 41.5 Å². The van der Waals surface area contributed by atoms with Crippen molar-refractivity contribution in [2.24, 2.45) is 0 Å². The van der Waals surface area contributed by atoms with Crippen LogP contribution >= 0.6 is 0 Å². The summed E-state index contributed by atoms with van der Waals surface area (Å²) in [5, 5.41) is 17.9. The number of ketones is 3. The number of rotatable bonds is 6. The maximum Gasteiger partial charge on any atom is 0.352 e. The summed E-state index contributed by atoms with van der Waals surface area (Å²) in [6.07, 6.45) is -0.921. The van der Waals surface area contributed by atoms with Gasteiger partial charge in [0, 0.05) is 13.8 Å². The van der Waals surface area contributed by atoms with Gasteiger partial charge in [-0.1, -0.05) is 0 Å². The number of allylic oxidation sites excluding steroid dienone is 1. The number of aliphatic hydroxyl groups excluding tert-OH is 1. The first-order chi connectivity index (χ1) is 15.4. The van der Waals surface area contributed by atoms with Gasteiger partial charge in [-0.15, -0.1) is 0 Å². The number of esters is 3. The minimum atomic E-state index is -1.35. The van der Waals surface area contributed by atoms with Crippen LogP contribution in [0.5, 0.6) is 0 Å². The summed E-state index contributed by atoms with van der Waals surface area (Å²) in [5.41, 5.74) is -1.71. The molecule has 200 valence electrons. The van der Waals surface area contributed by atoms with Crippen molar-refractivity contribution in [1.82, 2.24) is 0 Å². The molecule has 0 saturated carbocycles. The van der Waals surface area contributed by atoms with Gasteiger partial charge in [0.1, 0.15) is 29.3 Å². The van der Waals surface area contributed by atoms with E-state index >= 15 is 0 Å². The fraction of sp³-hybridized carbons (Fsp3) is 0.667. The molecule has 1 saturated heterocycles. The van der Waals surface area contributed by atoms with Crippen molar-refractivity contribution in [3.63, 3.8) is 0 Å². The lowest BCUT2D eigenvalue weighted by Crippen LogP contribution is -2.42. The fourth-order valence-electron chi connectivity index (χ4n) is 2.09. The van der Waals surface area contributed by atoms with Crippen LogP contribution in [0.4, 0.5) is 0 Å². The Morgan fingerprint density at radius 3 is 1.51 bits per heavy atom.